The number of allylic oxidation sites excluding steroid dienone is 2. The topological polar surface area (TPSA) is 48.0 Å². The number of hydrogen-bond acceptors (Lipinski definition) is 2. The molecule has 0 saturated carbocycles. The van der Waals surface area contributed by atoms with E-state index in [2.05, 4.69) is 11.6 Å². The molecular formula is C8H10N2O. The van der Waals surface area contributed by atoms with Crippen LogP contribution in [0.3, 0.4) is 0 Å². The monoisotopic (exact) mass is 150 g/mol. The second-order valence-electron chi connectivity index (χ2n) is 2.01. The van der Waals surface area contributed by atoms with Gasteiger partial charge in [-0.1, -0.05) is 24.8 Å². The summed E-state index contributed by atoms with van der Waals surface area (Å²) in [5.74, 6) is 0.586. The maximum Gasteiger partial charge on any atom is 0.134 e. The Morgan fingerprint density at radius 1 is 1.64 bits per heavy atom. The smallest absolute Gasteiger partial charge is 0.134 e. The van der Waals surface area contributed by atoms with E-state index in [4.69, 9.17) is 5.21 Å². The molecule has 1 rings (SSSR count). The third-order valence-electron chi connectivity index (χ3n) is 1.30. The number of aromatic nitrogens is 1. The highest BCUT2D eigenvalue weighted by molar-refractivity contribution is 5.63. The predicted molar refractivity (Wildman–Crippen MR) is 45.4 cm³/mol. The minimum atomic E-state index is 0.586. The maximum absolute atomic E-state index is 8.57. The van der Waals surface area contributed by atoms with Gasteiger partial charge in [0.1, 0.15) is 5.82 Å². The van der Waals surface area contributed by atoms with Gasteiger partial charge in [-0.3, -0.25) is 10.7 Å². The van der Waals surface area contributed by atoms with Gasteiger partial charge in [0.05, 0.1) is 0 Å². The molecule has 0 amide bonds. The van der Waals surface area contributed by atoms with Crippen LogP contribution >= 0.6 is 0 Å². The molecule has 3 N–H and O–H groups in total. The maximum atomic E-state index is 8.57. The minimum Gasteiger partial charge on any atom is -0.346 e. The number of hydrogen-bond donors (Lipinski definition) is 3. The van der Waals surface area contributed by atoms with Crippen LogP contribution in [-0.2, 0) is 0 Å². The molecule has 0 aromatic carbocycles. The van der Waals surface area contributed by atoms with Crippen LogP contribution in [0.5, 0.6) is 0 Å². The fraction of sp³-hybridized carbons (Fsp3) is 0. The highest BCUT2D eigenvalue weighted by Gasteiger charge is 1.95. The summed E-state index contributed by atoms with van der Waals surface area (Å²) in [7, 11) is 0. The quantitative estimate of drug-likeness (QED) is 0.456. The third kappa shape index (κ3) is 1.72. The first-order valence-electron chi connectivity index (χ1n) is 3.25. The summed E-state index contributed by atoms with van der Waals surface area (Å²) in [5, 5.41) is 8.57. The molecule has 0 radical (unpaired) electrons. The van der Waals surface area contributed by atoms with Gasteiger partial charge in [-0.15, -0.1) is 0 Å². The van der Waals surface area contributed by atoms with E-state index in [-0.39, 0.29) is 0 Å². The van der Waals surface area contributed by atoms with Crippen LogP contribution in [0.1, 0.15) is 5.56 Å². The van der Waals surface area contributed by atoms with Gasteiger partial charge in [-0.2, -0.15) is 0 Å². The zero-order chi connectivity index (χ0) is 8.10. The van der Waals surface area contributed by atoms with Crippen molar-refractivity contribution in [1.82, 2.24) is 4.98 Å². The number of anilines is 1. The standard InChI is InChI=1S/C8H10N2O/c1-2-3-4-7-5-6-9-8(7)10-11/h2-6,9-11H,1H2. The number of aromatic amines is 1. The Balaban J connectivity index is 2.84. The summed E-state index contributed by atoms with van der Waals surface area (Å²) >= 11 is 0. The molecule has 11 heavy (non-hydrogen) atoms. The third-order valence-corrected chi connectivity index (χ3v) is 1.30. The molecule has 0 bridgehead atoms. The first-order valence-corrected chi connectivity index (χ1v) is 3.25. The summed E-state index contributed by atoms with van der Waals surface area (Å²) in [6.07, 6.45) is 7.04. The lowest BCUT2D eigenvalue weighted by atomic mass is 10.3. The molecule has 1 heterocycles. The molecule has 3 nitrogen and oxygen atoms in total. The molecule has 0 unspecified atom stereocenters. The highest BCUT2D eigenvalue weighted by Crippen LogP contribution is 2.13. The van der Waals surface area contributed by atoms with Gasteiger partial charge in [0.25, 0.3) is 0 Å². The minimum absolute atomic E-state index is 0.586. The number of nitrogens with one attached hydrogen (secondary N) is 2. The van der Waals surface area contributed by atoms with Crippen molar-refractivity contribution >= 4 is 11.9 Å². The molecular weight excluding hydrogens is 140 g/mol. The van der Waals surface area contributed by atoms with E-state index >= 15 is 0 Å². The Bertz CT molecular complexity index is 263. The summed E-state index contributed by atoms with van der Waals surface area (Å²) < 4.78 is 0. The molecule has 0 aliphatic rings. The van der Waals surface area contributed by atoms with Gasteiger partial charge >= 0.3 is 0 Å². The largest absolute Gasteiger partial charge is 0.346 e. The van der Waals surface area contributed by atoms with Gasteiger partial charge in [0.2, 0.25) is 0 Å². The lowest BCUT2D eigenvalue weighted by Gasteiger charge is -1.94. The van der Waals surface area contributed by atoms with E-state index in [1.165, 1.54) is 0 Å². The van der Waals surface area contributed by atoms with Crippen LogP contribution in [0, 0.1) is 0 Å². The van der Waals surface area contributed by atoms with Crippen LogP contribution in [0.2, 0.25) is 0 Å². The Labute approximate surface area is 65.0 Å². The normalized spacial score (nSPS) is 10.3. The van der Waals surface area contributed by atoms with Crippen molar-refractivity contribution in [3.8, 4) is 0 Å². The summed E-state index contributed by atoms with van der Waals surface area (Å²) in [4.78, 5) is 2.82. The van der Waals surface area contributed by atoms with E-state index < -0.39 is 0 Å². The first-order chi connectivity index (χ1) is 5.38. The zero-order valence-corrected chi connectivity index (χ0v) is 6.04. The van der Waals surface area contributed by atoms with E-state index in [1.54, 1.807) is 18.3 Å². The van der Waals surface area contributed by atoms with E-state index in [1.807, 2.05) is 17.6 Å². The van der Waals surface area contributed by atoms with Crippen LogP contribution in [0.15, 0.2) is 31.0 Å². The van der Waals surface area contributed by atoms with Crippen molar-refractivity contribution in [2.24, 2.45) is 0 Å². The van der Waals surface area contributed by atoms with Gasteiger partial charge in [0, 0.05) is 11.8 Å². The first kappa shape index (κ1) is 7.63. The molecule has 1 aromatic heterocycles. The predicted octanol–water partition coefficient (Wildman–Crippen LogP) is 2.01. The van der Waals surface area contributed by atoms with Crippen LogP contribution in [-0.4, -0.2) is 10.2 Å². The summed E-state index contributed by atoms with van der Waals surface area (Å²) in [5.41, 5.74) is 2.94. The number of rotatable bonds is 3. The van der Waals surface area contributed by atoms with Crippen molar-refractivity contribution < 1.29 is 5.21 Å². The van der Waals surface area contributed by atoms with Crippen LogP contribution in [0.4, 0.5) is 5.82 Å². The van der Waals surface area contributed by atoms with Crippen molar-refractivity contribution in [2.75, 3.05) is 5.48 Å². The van der Waals surface area contributed by atoms with E-state index in [0.717, 1.165) is 5.56 Å². The Hall–Kier alpha value is -1.48. The Kier molecular flexibility index (Phi) is 2.52. The van der Waals surface area contributed by atoms with Crippen molar-refractivity contribution in [1.29, 1.82) is 0 Å². The number of H-pyrrole nitrogens is 1. The second kappa shape index (κ2) is 3.63. The zero-order valence-electron chi connectivity index (χ0n) is 6.04. The molecule has 1 aromatic rings. The van der Waals surface area contributed by atoms with Gasteiger partial charge in [-0.05, 0) is 6.07 Å². The Morgan fingerprint density at radius 2 is 2.45 bits per heavy atom. The summed E-state index contributed by atoms with van der Waals surface area (Å²) in [6, 6.07) is 1.85. The van der Waals surface area contributed by atoms with Gasteiger partial charge < -0.3 is 4.98 Å². The van der Waals surface area contributed by atoms with Crippen molar-refractivity contribution in [2.45, 2.75) is 0 Å². The lowest BCUT2D eigenvalue weighted by Crippen LogP contribution is -1.89. The molecule has 3 heteroatoms. The molecule has 0 atom stereocenters. The van der Waals surface area contributed by atoms with Crippen LogP contribution < -0.4 is 5.48 Å². The van der Waals surface area contributed by atoms with Crippen LogP contribution in [0.25, 0.3) is 6.08 Å². The fourth-order valence-corrected chi connectivity index (χ4v) is 0.789. The SMILES string of the molecule is C=CC=Cc1cc[nH]c1NO. The molecule has 0 aliphatic heterocycles. The van der Waals surface area contributed by atoms with E-state index in [9.17, 15) is 0 Å². The molecule has 58 valence electrons. The van der Waals surface area contributed by atoms with Crippen molar-refractivity contribution in [3.05, 3.63) is 36.6 Å². The molecule has 0 fully saturated rings. The molecule has 0 spiro atoms. The molecule has 0 aliphatic carbocycles. The fourth-order valence-electron chi connectivity index (χ4n) is 0.789. The van der Waals surface area contributed by atoms with Gasteiger partial charge in [0.15, 0.2) is 0 Å². The lowest BCUT2D eigenvalue weighted by molar-refractivity contribution is 0.386. The van der Waals surface area contributed by atoms with Gasteiger partial charge in [-0.25, -0.2) is 0 Å². The second-order valence-corrected chi connectivity index (χ2v) is 2.01. The van der Waals surface area contributed by atoms with E-state index in [0.29, 0.717) is 5.82 Å². The molecule has 0 saturated heterocycles. The average Bonchev–Trinajstić information content (AvgIpc) is 2.47. The Morgan fingerprint density at radius 3 is 3.09 bits per heavy atom. The summed E-state index contributed by atoms with van der Waals surface area (Å²) in [6.45, 7) is 3.54. The van der Waals surface area contributed by atoms with Crippen molar-refractivity contribution in [3.63, 3.8) is 0 Å². The highest BCUT2D eigenvalue weighted by atomic mass is 16.5. The average molecular weight is 150 g/mol.